The molecule has 3 N–H and O–H groups in total. The molecule has 21 heavy (non-hydrogen) atoms. The Morgan fingerprint density at radius 3 is 1.71 bits per heavy atom. The van der Waals surface area contributed by atoms with Gasteiger partial charge in [0.1, 0.15) is 0 Å². The molecule has 0 aliphatic heterocycles. The third kappa shape index (κ3) is 3.93. The molecule has 2 nitrogen and oxygen atoms in total. The predicted molar refractivity (Wildman–Crippen MR) is 108 cm³/mol. The average molecular weight is 536 g/mol. The number of nitrogens with two attached hydrogens (primary N) is 1. The fraction of sp³-hybridized carbons (Fsp3) is 0.467. The molecule has 0 aliphatic carbocycles. The molecule has 2 heterocycles. The maximum absolute atomic E-state index is 6.29. The van der Waals surface area contributed by atoms with Gasteiger partial charge >= 0.3 is 146 Å². The number of hydrogen-bond acceptors (Lipinski definition) is 4. The van der Waals surface area contributed by atoms with Crippen molar-refractivity contribution < 1.29 is 0 Å². The molecule has 2 rings (SSSR count). The van der Waals surface area contributed by atoms with E-state index in [1.54, 1.807) is 2.89 Å². The minimum absolute atomic E-state index is 1.03. The first-order valence-corrected chi connectivity index (χ1v) is 28.9. The molecule has 0 radical (unpaired) electrons. The maximum atomic E-state index is 6.29. The predicted octanol–water partition coefficient (Wildman–Crippen LogP) is 4.19. The fourth-order valence-electron chi connectivity index (χ4n) is 2.37. The van der Waals surface area contributed by atoms with E-state index in [4.69, 9.17) is 5.73 Å². The van der Waals surface area contributed by atoms with Crippen molar-refractivity contribution in [3.05, 3.63) is 12.1 Å². The quantitative estimate of drug-likeness (QED) is 0.576. The normalized spacial score (nSPS) is 12.7. The summed E-state index contributed by atoms with van der Waals surface area (Å²) in [7, 11) is 2.03. The summed E-state index contributed by atoms with van der Waals surface area (Å²) >= 11 is -0.237. The van der Waals surface area contributed by atoms with E-state index in [9.17, 15) is 0 Å². The number of thiophene rings is 2. The summed E-state index contributed by atoms with van der Waals surface area (Å²) in [6.45, 7) is 0. The van der Waals surface area contributed by atoms with Gasteiger partial charge in [-0.3, -0.25) is 0 Å². The number of anilines is 2. The van der Waals surface area contributed by atoms with Gasteiger partial charge in [-0.2, -0.15) is 0 Å². The van der Waals surface area contributed by atoms with Crippen LogP contribution in [0.4, 0.5) is 11.4 Å². The molecule has 0 unspecified atom stereocenters. The summed E-state index contributed by atoms with van der Waals surface area (Å²) in [5.74, 6) is 0. The van der Waals surface area contributed by atoms with E-state index in [0.29, 0.717) is 0 Å². The van der Waals surface area contributed by atoms with Crippen molar-refractivity contribution in [1.29, 1.82) is 0 Å². The Morgan fingerprint density at radius 1 is 0.857 bits per heavy atom. The summed E-state index contributed by atoms with van der Waals surface area (Å²) in [4.78, 5) is 17.5. The van der Waals surface area contributed by atoms with Crippen LogP contribution in [0, 0.1) is 0 Å². The Kier molecular flexibility index (Phi) is 5.33. The van der Waals surface area contributed by atoms with Crippen molar-refractivity contribution in [3.8, 4) is 9.75 Å². The van der Waals surface area contributed by atoms with Gasteiger partial charge in [0.15, 0.2) is 0 Å². The van der Waals surface area contributed by atoms with E-state index in [1.165, 1.54) is 18.3 Å². The average Bonchev–Trinajstić information content (AvgIpc) is 2.89. The van der Waals surface area contributed by atoms with Gasteiger partial charge in [-0.1, -0.05) is 0 Å². The van der Waals surface area contributed by atoms with Crippen LogP contribution < -0.4 is 16.8 Å². The van der Waals surface area contributed by atoms with Crippen LogP contribution in [-0.4, -0.2) is 43.8 Å². The van der Waals surface area contributed by atoms with Crippen LogP contribution >= 0.6 is 22.7 Å². The Balaban J connectivity index is 2.51. The summed E-state index contributed by atoms with van der Waals surface area (Å²) < 4.78 is 3.12. The van der Waals surface area contributed by atoms with Crippen molar-refractivity contribution in [2.24, 2.45) is 0 Å². The van der Waals surface area contributed by atoms with E-state index in [1.807, 2.05) is 29.7 Å². The minimum atomic E-state index is -2.09. The summed E-state index contributed by atoms with van der Waals surface area (Å²) in [6.07, 6.45) is 0. The first-order valence-electron chi connectivity index (χ1n) is 7.26. The first-order chi connectivity index (χ1) is 9.54. The third-order valence-electron chi connectivity index (χ3n) is 3.37. The summed E-state index contributed by atoms with van der Waals surface area (Å²) in [5, 5.41) is 3.39. The van der Waals surface area contributed by atoms with Crippen LogP contribution in [0.2, 0.25) is 29.6 Å². The topological polar surface area (TPSA) is 38.0 Å². The van der Waals surface area contributed by atoms with Crippen LogP contribution in [-0.2, 0) is 0 Å². The molecule has 0 aromatic carbocycles. The van der Waals surface area contributed by atoms with Gasteiger partial charge in [0.05, 0.1) is 0 Å². The van der Waals surface area contributed by atoms with Gasteiger partial charge in [-0.15, -0.1) is 0 Å². The van der Waals surface area contributed by atoms with E-state index in [2.05, 4.69) is 47.1 Å². The SMILES string of the molecule is CNc1cc(-c2cc(N)[c]([Sn]([CH3])([CH3])[CH3])s2)s[c]1[Sn]([CH3])([CH3])[CH3]. The van der Waals surface area contributed by atoms with Crippen molar-refractivity contribution in [2.45, 2.75) is 29.6 Å². The Hall–Kier alpha value is 0.597. The summed E-state index contributed by atoms with van der Waals surface area (Å²) in [5.41, 5.74) is 8.66. The van der Waals surface area contributed by atoms with Crippen LogP contribution in [0.1, 0.15) is 0 Å². The molecular formula is C15H26N2S2Sn2. The van der Waals surface area contributed by atoms with E-state index < -0.39 is 36.8 Å². The second-order valence-corrected chi connectivity index (χ2v) is 40.2. The molecule has 0 aliphatic rings. The molecule has 0 saturated heterocycles. The van der Waals surface area contributed by atoms with Crippen molar-refractivity contribution >= 4 is 76.6 Å². The molecule has 0 bridgehead atoms. The van der Waals surface area contributed by atoms with E-state index in [-0.39, 0.29) is 0 Å². The van der Waals surface area contributed by atoms with Crippen LogP contribution in [0.3, 0.4) is 0 Å². The number of hydrogen-bond donors (Lipinski definition) is 2. The Morgan fingerprint density at radius 2 is 1.33 bits per heavy atom. The van der Waals surface area contributed by atoms with E-state index in [0.717, 1.165) is 5.69 Å². The van der Waals surface area contributed by atoms with Gasteiger partial charge in [-0.25, -0.2) is 0 Å². The zero-order valence-electron chi connectivity index (χ0n) is 14.0. The molecule has 6 heteroatoms. The molecule has 0 spiro atoms. The zero-order valence-corrected chi connectivity index (χ0v) is 21.4. The monoisotopic (exact) mass is 538 g/mol. The molecule has 0 fully saturated rings. The van der Waals surface area contributed by atoms with Gasteiger partial charge in [0, 0.05) is 0 Å². The van der Waals surface area contributed by atoms with Crippen LogP contribution in [0.5, 0.6) is 0 Å². The number of rotatable bonds is 4. The second kappa shape index (κ2) is 6.24. The van der Waals surface area contributed by atoms with Gasteiger partial charge in [-0.05, 0) is 0 Å². The number of nitrogens with one attached hydrogen (secondary N) is 1. The Labute approximate surface area is 144 Å². The second-order valence-electron chi connectivity index (χ2n) is 7.50. The van der Waals surface area contributed by atoms with Gasteiger partial charge in [0.2, 0.25) is 0 Å². The third-order valence-corrected chi connectivity index (χ3v) is 24.8. The Bertz CT molecular complexity index is 646. The van der Waals surface area contributed by atoms with Crippen LogP contribution in [0.15, 0.2) is 12.1 Å². The van der Waals surface area contributed by atoms with Crippen molar-refractivity contribution in [3.63, 3.8) is 0 Å². The van der Waals surface area contributed by atoms with Gasteiger partial charge in [0.25, 0.3) is 0 Å². The van der Waals surface area contributed by atoms with E-state index >= 15 is 0 Å². The zero-order chi connectivity index (χ0) is 16.0. The molecule has 0 amide bonds. The van der Waals surface area contributed by atoms with Gasteiger partial charge < -0.3 is 0 Å². The van der Waals surface area contributed by atoms with Crippen LogP contribution in [0.25, 0.3) is 9.75 Å². The standard InChI is InChI=1S/C9H8N2S2.6CH3.2Sn/c1-11-7-3-9(13-5-7)8-2-6(10)4-12-8;;;;;;;;/h2-3,11H,10H2,1H3;6*1H3;;. The molecule has 0 atom stereocenters. The van der Waals surface area contributed by atoms with Crippen molar-refractivity contribution in [2.75, 3.05) is 18.1 Å². The fourth-order valence-corrected chi connectivity index (χ4v) is 17.5. The molecule has 0 saturated carbocycles. The molecule has 116 valence electrons. The molecule has 2 aromatic rings. The number of nitrogen functional groups attached to an aromatic ring is 1. The molecular weight excluding hydrogens is 510 g/mol. The molecule has 2 aromatic heterocycles. The first kappa shape index (κ1) is 17.9. The summed E-state index contributed by atoms with van der Waals surface area (Å²) in [6, 6.07) is 4.53. The van der Waals surface area contributed by atoms with Crippen molar-refractivity contribution in [1.82, 2.24) is 0 Å².